The van der Waals surface area contributed by atoms with Crippen molar-refractivity contribution in [3.8, 4) is 0 Å². The van der Waals surface area contributed by atoms with Crippen molar-refractivity contribution in [3.63, 3.8) is 0 Å². The van der Waals surface area contributed by atoms with Crippen LogP contribution in [-0.4, -0.2) is 11.5 Å². The number of hydrogen-bond donors (Lipinski definition) is 0. The van der Waals surface area contributed by atoms with E-state index in [2.05, 4.69) is 4.99 Å². The largest absolute Gasteiger partial charge is 0.280 e. The molecule has 0 saturated carbocycles. The first kappa shape index (κ1) is 8.21. The Bertz CT molecular complexity index is 370. The maximum absolute atomic E-state index is 13.1. The summed E-state index contributed by atoms with van der Waals surface area (Å²) >= 11 is 1.27. The summed E-state index contributed by atoms with van der Waals surface area (Å²) in [4.78, 5) is 3.02. The summed E-state index contributed by atoms with van der Waals surface area (Å²) < 4.78 is 50.2. The highest BCUT2D eigenvalue weighted by Crippen LogP contribution is 2.51. The lowest BCUT2D eigenvalue weighted by Gasteiger charge is -2.09. The molecule has 0 radical (unpaired) electrons. The van der Waals surface area contributed by atoms with Crippen LogP contribution in [0, 0.1) is 0 Å². The van der Waals surface area contributed by atoms with E-state index in [0.717, 1.165) is 0 Å². The molecule has 1 atom stereocenters. The normalized spacial score (nSPS) is 33.6. The van der Waals surface area contributed by atoms with E-state index in [1.165, 1.54) is 22.6 Å². The molecule has 1 unspecified atom stereocenters. The standard InChI is InChI=1S/C6F4IN/c7-1-2(8)4(11)6(10)5(12-6)3(1)9. The zero-order chi connectivity index (χ0) is 9.09. The highest BCUT2D eigenvalue weighted by molar-refractivity contribution is 14.1. The van der Waals surface area contributed by atoms with Gasteiger partial charge in [0.1, 0.15) is 5.71 Å². The van der Waals surface area contributed by atoms with Gasteiger partial charge in [-0.1, -0.05) is 0 Å². The second kappa shape index (κ2) is 2.09. The Hall–Kier alpha value is -0.400. The minimum absolute atomic E-state index is 0.547. The minimum Gasteiger partial charge on any atom is -0.231 e. The van der Waals surface area contributed by atoms with Crippen molar-refractivity contribution in [2.75, 3.05) is 0 Å². The molecule has 1 aliphatic carbocycles. The molecular weight excluding hydrogens is 289 g/mol. The molecule has 0 aromatic carbocycles. The summed E-state index contributed by atoms with van der Waals surface area (Å²) in [5.74, 6) is -7.11. The molecule has 1 heterocycles. The molecule has 0 amide bonds. The highest BCUT2D eigenvalue weighted by atomic mass is 127. The smallest absolute Gasteiger partial charge is 0.231 e. The fraction of sp³-hybridized carbons (Fsp3) is 0.167. The van der Waals surface area contributed by atoms with E-state index in [9.17, 15) is 17.6 Å². The van der Waals surface area contributed by atoms with Gasteiger partial charge in [0.2, 0.25) is 0 Å². The predicted molar refractivity (Wildman–Crippen MR) is 42.7 cm³/mol. The average Bonchev–Trinajstić information content (AvgIpc) is 2.72. The number of rotatable bonds is 0. The quantitative estimate of drug-likeness (QED) is 0.369. The van der Waals surface area contributed by atoms with Crippen LogP contribution >= 0.6 is 22.6 Å². The van der Waals surface area contributed by atoms with Crippen molar-refractivity contribution in [3.05, 3.63) is 21.1 Å². The van der Waals surface area contributed by atoms with Crippen LogP contribution in [0.1, 0.15) is 0 Å². The van der Waals surface area contributed by atoms with Gasteiger partial charge in [0.05, 0.1) is 3.58 Å². The van der Waals surface area contributed by atoms with Gasteiger partial charge in [-0.05, 0) is 22.6 Å². The molecule has 0 saturated heterocycles. The summed E-state index contributed by atoms with van der Waals surface area (Å²) in [7, 11) is 0. The Morgan fingerprint density at radius 1 is 1.08 bits per heavy atom. The molecule has 1 aliphatic heterocycles. The average molecular weight is 289 g/mol. The molecule has 0 N–H and O–H groups in total. The van der Waals surface area contributed by atoms with Crippen molar-refractivity contribution in [1.82, 2.24) is 0 Å². The van der Waals surface area contributed by atoms with E-state index in [4.69, 9.17) is 0 Å². The Morgan fingerprint density at radius 3 is 2.25 bits per heavy atom. The zero-order valence-corrected chi connectivity index (χ0v) is 7.49. The minimum atomic E-state index is -2.41. The number of aliphatic imine (C=N–C) groups is 1. The van der Waals surface area contributed by atoms with E-state index < -0.39 is 32.6 Å². The van der Waals surface area contributed by atoms with E-state index >= 15 is 0 Å². The van der Waals surface area contributed by atoms with Crippen LogP contribution < -0.4 is 0 Å². The Kier molecular flexibility index (Phi) is 1.43. The lowest BCUT2D eigenvalue weighted by molar-refractivity contribution is 0.370. The number of halogens is 5. The van der Waals surface area contributed by atoms with Crippen LogP contribution in [-0.2, 0) is 0 Å². The van der Waals surface area contributed by atoms with Crippen molar-refractivity contribution in [2.24, 2.45) is 4.99 Å². The number of fused-ring (bicyclic) bond motifs is 1. The predicted octanol–water partition coefficient (Wildman–Crippen LogP) is 2.89. The third-order valence-electron chi connectivity index (χ3n) is 1.61. The fourth-order valence-corrected chi connectivity index (χ4v) is 1.53. The number of alkyl halides is 1. The molecule has 0 fully saturated rings. The second-order valence-corrected chi connectivity index (χ2v) is 3.42. The SMILES string of the molecule is FC1=C(F)C(F)=C(I)C2(F)N=C12. The van der Waals surface area contributed by atoms with Gasteiger partial charge in [0.15, 0.2) is 17.5 Å². The summed E-state index contributed by atoms with van der Waals surface area (Å²) in [6, 6.07) is 0. The van der Waals surface area contributed by atoms with Crippen LogP contribution in [0.15, 0.2) is 26.1 Å². The molecule has 1 nitrogen and oxygen atoms in total. The molecule has 0 spiro atoms. The zero-order valence-electron chi connectivity index (χ0n) is 5.34. The van der Waals surface area contributed by atoms with Crippen molar-refractivity contribution in [1.29, 1.82) is 0 Å². The molecule has 64 valence electrons. The van der Waals surface area contributed by atoms with Gasteiger partial charge < -0.3 is 0 Å². The molecule has 2 aliphatic rings. The van der Waals surface area contributed by atoms with Crippen LogP contribution in [0.5, 0.6) is 0 Å². The first-order valence-electron chi connectivity index (χ1n) is 2.89. The summed E-state index contributed by atoms with van der Waals surface area (Å²) in [6.07, 6.45) is 0. The highest BCUT2D eigenvalue weighted by Gasteiger charge is 2.59. The molecule has 6 heteroatoms. The van der Waals surface area contributed by atoms with Gasteiger partial charge in [-0.15, -0.1) is 0 Å². The lowest BCUT2D eigenvalue weighted by atomic mass is 10.1. The van der Waals surface area contributed by atoms with Crippen molar-refractivity contribution >= 4 is 28.3 Å². The second-order valence-electron chi connectivity index (χ2n) is 2.34. The molecule has 0 aromatic heterocycles. The summed E-state index contributed by atoms with van der Waals surface area (Å²) in [6.45, 7) is 0. The van der Waals surface area contributed by atoms with Gasteiger partial charge in [0, 0.05) is 0 Å². The number of hydrogen-bond acceptors (Lipinski definition) is 1. The maximum atomic E-state index is 13.1. The first-order valence-corrected chi connectivity index (χ1v) is 3.97. The Morgan fingerprint density at radius 2 is 1.67 bits per heavy atom. The van der Waals surface area contributed by atoms with E-state index in [0.29, 0.717) is 0 Å². The first-order chi connectivity index (χ1) is 5.48. The van der Waals surface area contributed by atoms with Crippen LogP contribution in [0.25, 0.3) is 0 Å². The van der Waals surface area contributed by atoms with Crippen molar-refractivity contribution in [2.45, 2.75) is 5.79 Å². The van der Waals surface area contributed by atoms with Crippen LogP contribution in [0.3, 0.4) is 0 Å². The van der Waals surface area contributed by atoms with Crippen LogP contribution in [0.2, 0.25) is 0 Å². The Labute approximate surface area is 78.0 Å². The fourth-order valence-electron chi connectivity index (χ4n) is 0.916. The topological polar surface area (TPSA) is 12.4 Å². The maximum Gasteiger partial charge on any atom is 0.280 e. The van der Waals surface area contributed by atoms with Gasteiger partial charge in [0.25, 0.3) is 5.79 Å². The third-order valence-corrected chi connectivity index (χ3v) is 2.79. The van der Waals surface area contributed by atoms with Crippen LogP contribution in [0.4, 0.5) is 17.6 Å². The Balaban J connectivity index is 2.60. The van der Waals surface area contributed by atoms with Gasteiger partial charge >= 0.3 is 0 Å². The molecular formula is C6F4IN. The van der Waals surface area contributed by atoms with E-state index in [1.807, 2.05) is 0 Å². The lowest BCUT2D eigenvalue weighted by Crippen LogP contribution is -2.18. The number of allylic oxidation sites excluding steroid dienone is 2. The monoisotopic (exact) mass is 289 g/mol. The van der Waals surface area contributed by atoms with Crippen molar-refractivity contribution < 1.29 is 17.6 Å². The van der Waals surface area contributed by atoms with Gasteiger partial charge in [-0.3, -0.25) is 0 Å². The molecule has 0 aromatic rings. The molecule has 2 rings (SSSR count). The van der Waals surface area contributed by atoms with E-state index in [1.54, 1.807) is 0 Å². The van der Waals surface area contributed by atoms with Gasteiger partial charge in [-0.25, -0.2) is 22.6 Å². The summed E-state index contributed by atoms with van der Waals surface area (Å²) in [5, 5.41) is 0. The number of nitrogens with zero attached hydrogens (tertiary/aromatic N) is 1. The van der Waals surface area contributed by atoms with Gasteiger partial charge in [-0.2, -0.15) is 0 Å². The third kappa shape index (κ3) is 0.758. The molecule has 0 bridgehead atoms. The summed E-state index contributed by atoms with van der Waals surface area (Å²) in [5.41, 5.74) is -0.647. The molecule has 12 heavy (non-hydrogen) atoms. The van der Waals surface area contributed by atoms with E-state index in [-0.39, 0.29) is 0 Å².